The van der Waals surface area contributed by atoms with Crippen molar-refractivity contribution in [3.05, 3.63) is 0 Å². The van der Waals surface area contributed by atoms with Crippen LogP contribution in [-0.2, 0) is 0 Å². The van der Waals surface area contributed by atoms with Crippen LogP contribution in [0.1, 0.15) is 107 Å². The second kappa shape index (κ2) is 10.2. The summed E-state index contributed by atoms with van der Waals surface area (Å²) in [6, 6.07) is 0. The second-order valence-electron chi connectivity index (χ2n) is 11.1. The Morgan fingerprint density at radius 3 is 1.93 bits per heavy atom. The first-order chi connectivity index (χ1) is 12.8. The lowest BCUT2D eigenvalue weighted by atomic mass is 9.65. The van der Waals surface area contributed by atoms with Crippen molar-refractivity contribution >= 4 is 0 Å². The Morgan fingerprint density at radius 1 is 0.741 bits per heavy atom. The molecule has 0 heterocycles. The van der Waals surface area contributed by atoms with Crippen LogP contribution in [0.3, 0.4) is 0 Å². The summed E-state index contributed by atoms with van der Waals surface area (Å²) in [5.41, 5.74) is 0. The zero-order valence-corrected chi connectivity index (χ0v) is 20.3. The van der Waals surface area contributed by atoms with Crippen LogP contribution in [-0.4, -0.2) is 0 Å². The Labute approximate surface area is 172 Å². The van der Waals surface area contributed by atoms with Crippen molar-refractivity contribution in [1.29, 1.82) is 0 Å². The molecule has 0 spiro atoms. The van der Waals surface area contributed by atoms with Crippen LogP contribution in [0.5, 0.6) is 0 Å². The summed E-state index contributed by atoms with van der Waals surface area (Å²) in [5.74, 6) is 10.7. The lowest BCUT2D eigenvalue weighted by Crippen LogP contribution is -2.33. The molecular weight excluding hydrogens is 324 g/mol. The second-order valence-corrected chi connectivity index (χ2v) is 11.1. The summed E-state index contributed by atoms with van der Waals surface area (Å²) in [6.45, 7) is 22.5. The van der Waals surface area contributed by atoms with Crippen LogP contribution >= 0.6 is 0 Å². The number of hydrogen-bond acceptors (Lipinski definition) is 0. The highest BCUT2D eigenvalue weighted by Gasteiger charge is 2.65. The summed E-state index contributed by atoms with van der Waals surface area (Å²) >= 11 is 0. The van der Waals surface area contributed by atoms with E-state index in [0.717, 1.165) is 65.1 Å². The molecule has 0 aromatic carbocycles. The Hall–Kier alpha value is 0. The third-order valence-corrected chi connectivity index (χ3v) is 9.82. The van der Waals surface area contributed by atoms with Crippen molar-refractivity contribution in [2.45, 2.75) is 107 Å². The molecule has 27 heavy (non-hydrogen) atoms. The fourth-order valence-corrected chi connectivity index (χ4v) is 7.26. The molecule has 0 nitrogen and oxygen atoms in total. The van der Waals surface area contributed by atoms with Crippen molar-refractivity contribution in [2.75, 3.05) is 0 Å². The van der Waals surface area contributed by atoms with E-state index < -0.39 is 0 Å². The largest absolute Gasteiger partial charge is 0.0654 e. The van der Waals surface area contributed by atoms with Gasteiger partial charge in [0.1, 0.15) is 0 Å². The molecule has 2 rings (SSSR count). The van der Waals surface area contributed by atoms with Gasteiger partial charge in [0.15, 0.2) is 0 Å². The number of rotatable bonds is 13. The fourth-order valence-electron chi connectivity index (χ4n) is 7.26. The number of hydrogen-bond donors (Lipinski definition) is 0. The van der Waals surface area contributed by atoms with E-state index in [1.54, 1.807) is 6.42 Å². The van der Waals surface area contributed by atoms with Gasteiger partial charge in [-0.2, -0.15) is 0 Å². The summed E-state index contributed by atoms with van der Waals surface area (Å²) in [4.78, 5) is 0. The molecule has 11 atom stereocenters. The summed E-state index contributed by atoms with van der Waals surface area (Å²) < 4.78 is 0. The minimum atomic E-state index is 0.895. The van der Waals surface area contributed by atoms with Gasteiger partial charge in [0, 0.05) is 0 Å². The molecule has 2 fully saturated rings. The van der Waals surface area contributed by atoms with Gasteiger partial charge < -0.3 is 0 Å². The summed E-state index contributed by atoms with van der Waals surface area (Å²) in [7, 11) is 0. The zero-order chi connectivity index (χ0) is 20.3. The van der Waals surface area contributed by atoms with Crippen LogP contribution in [0.4, 0.5) is 0 Å². The van der Waals surface area contributed by atoms with Crippen LogP contribution in [0.2, 0.25) is 0 Å². The SMILES string of the molecule is CCCCC(C)C(C)C(C)C1C2CC(C(C)C(CC)C(C)C(C)CCC)C21. The Kier molecular flexibility index (Phi) is 8.76. The quantitative estimate of drug-likeness (QED) is 0.301. The van der Waals surface area contributed by atoms with Gasteiger partial charge in [-0.1, -0.05) is 101 Å². The predicted molar refractivity (Wildman–Crippen MR) is 122 cm³/mol. The highest BCUT2D eigenvalue weighted by Crippen LogP contribution is 2.71. The maximum absolute atomic E-state index is 2.62. The van der Waals surface area contributed by atoms with Gasteiger partial charge >= 0.3 is 0 Å². The first-order valence-electron chi connectivity index (χ1n) is 12.8. The molecule has 0 N–H and O–H groups in total. The van der Waals surface area contributed by atoms with Gasteiger partial charge in [-0.05, 0) is 71.5 Å². The maximum atomic E-state index is 2.62. The summed E-state index contributed by atoms with van der Waals surface area (Å²) in [6.07, 6.45) is 9.91. The van der Waals surface area contributed by atoms with Gasteiger partial charge in [-0.25, -0.2) is 0 Å². The fraction of sp³-hybridized carbons (Fsp3) is 1.00. The Balaban J connectivity index is 1.90. The number of fused-ring (bicyclic) bond motifs is 1. The van der Waals surface area contributed by atoms with Gasteiger partial charge in [0.25, 0.3) is 0 Å². The van der Waals surface area contributed by atoms with E-state index in [1.807, 2.05) is 0 Å². The molecule has 0 radical (unpaired) electrons. The molecule has 0 bridgehead atoms. The van der Waals surface area contributed by atoms with Crippen molar-refractivity contribution in [1.82, 2.24) is 0 Å². The smallest absolute Gasteiger partial charge is 0.0318 e. The van der Waals surface area contributed by atoms with Gasteiger partial charge in [-0.3, -0.25) is 0 Å². The molecule has 0 saturated heterocycles. The highest BCUT2D eigenvalue weighted by molar-refractivity contribution is 5.13. The third kappa shape index (κ3) is 4.95. The van der Waals surface area contributed by atoms with Crippen LogP contribution in [0.15, 0.2) is 0 Å². The molecule has 2 saturated carbocycles. The predicted octanol–water partition coefficient (Wildman–Crippen LogP) is 8.70. The monoisotopic (exact) mass is 376 g/mol. The summed E-state index contributed by atoms with van der Waals surface area (Å²) in [5, 5.41) is 0. The van der Waals surface area contributed by atoms with E-state index in [0.29, 0.717) is 0 Å². The van der Waals surface area contributed by atoms with Gasteiger partial charge in [0.05, 0.1) is 0 Å². The van der Waals surface area contributed by atoms with Gasteiger partial charge in [-0.15, -0.1) is 0 Å². The molecule has 2 aliphatic rings. The minimum Gasteiger partial charge on any atom is -0.0654 e. The molecule has 0 heteroatoms. The van der Waals surface area contributed by atoms with Crippen LogP contribution in [0.25, 0.3) is 0 Å². The van der Waals surface area contributed by atoms with E-state index in [4.69, 9.17) is 0 Å². The molecule has 0 amide bonds. The lowest BCUT2D eigenvalue weighted by Gasteiger charge is -2.40. The van der Waals surface area contributed by atoms with E-state index in [9.17, 15) is 0 Å². The van der Waals surface area contributed by atoms with Crippen LogP contribution in [0, 0.1) is 65.1 Å². The average molecular weight is 377 g/mol. The first-order valence-corrected chi connectivity index (χ1v) is 12.8. The normalized spacial score (nSPS) is 34.6. The number of unbranched alkanes of at least 4 members (excludes halogenated alkanes) is 1. The van der Waals surface area contributed by atoms with Crippen LogP contribution < -0.4 is 0 Å². The van der Waals surface area contributed by atoms with E-state index >= 15 is 0 Å². The van der Waals surface area contributed by atoms with E-state index in [1.165, 1.54) is 38.5 Å². The van der Waals surface area contributed by atoms with Crippen molar-refractivity contribution < 1.29 is 0 Å². The Bertz CT molecular complexity index is 426. The molecule has 2 aliphatic carbocycles. The lowest BCUT2D eigenvalue weighted by molar-refractivity contribution is 0.0853. The maximum Gasteiger partial charge on any atom is -0.0318 e. The van der Waals surface area contributed by atoms with Crippen molar-refractivity contribution in [3.63, 3.8) is 0 Å². The van der Waals surface area contributed by atoms with Gasteiger partial charge in [0.2, 0.25) is 0 Å². The van der Waals surface area contributed by atoms with Crippen molar-refractivity contribution in [2.24, 2.45) is 65.1 Å². The first kappa shape index (κ1) is 23.3. The topological polar surface area (TPSA) is 0 Å². The average Bonchev–Trinajstić information content (AvgIpc) is 3.22. The molecule has 0 aliphatic heterocycles. The standard InChI is InChI=1S/C27H52/c1-10-13-15-18(5)19(6)21(8)26-25-16-24(27(25)26)22(9)23(12-3)20(7)17(4)14-11-2/h17-27H,10-16H2,1-9H3. The van der Waals surface area contributed by atoms with E-state index in [2.05, 4.69) is 62.3 Å². The molecular formula is C27H52. The molecule has 0 aromatic rings. The zero-order valence-electron chi connectivity index (χ0n) is 20.3. The Morgan fingerprint density at radius 2 is 1.37 bits per heavy atom. The van der Waals surface area contributed by atoms with E-state index in [-0.39, 0.29) is 0 Å². The van der Waals surface area contributed by atoms with Crippen molar-refractivity contribution in [3.8, 4) is 0 Å². The molecule has 11 unspecified atom stereocenters. The third-order valence-electron chi connectivity index (χ3n) is 9.82. The molecule has 160 valence electrons. The highest BCUT2D eigenvalue weighted by atomic mass is 14.7. The minimum absolute atomic E-state index is 0.895. The molecule has 0 aromatic heterocycles.